The molecule has 0 aliphatic carbocycles. The lowest BCUT2D eigenvalue weighted by Gasteiger charge is -2.43. The molecule has 2 nitrogen and oxygen atoms in total. The SMILES string of the molecule is [2H]C1CN(C(C)(C)C)CCN1C(C)C. The number of nitrogens with zero attached hydrogens (tertiary/aromatic N) is 2. The normalized spacial score (nSPS) is 29.4. The van der Waals surface area contributed by atoms with Crippen molar-refractivity contribution in [3.05, 3.63) is 0 Å². The molecular weight excluding hydrogens is 160 g/mol. The Balaban J connectivity index is 2.55. The molecule has 0 saturated carbocycles. The number of rotatable bonds is 1. The maximum atomic E-state index is 8.05. The van der Waals surface area contributed by atoms with Gasteiger partial charge in [0.1, 0.15) is 0 Å². The van der Waals surface area contributed by atoms with Gasteiger partial charge in [0.05, 0.1) is 0 Å². The second-order valence-electron chi connectivity index (χ2n) is 5.13. The van der Waals surface area contributed by atoms with Gasteiger partial charge < -0.3 is 0 Å². The summed E-state index contributed by atoms with van der Waals surface area (Å²) in [7, 11) is 0. The molecule has 0 bridgehead atoms. The highest BCUT2D eigenvalue weighted by atomic mass is 15.3. The van der Waals surface area contributed by atoms with Crippen LogP contribution in [0.3, 0.4) is 0 Å². The molecule has 1 fully saturated rings. The van der Waals surface area contributed by atoms with E-state index in [0.29, 0.717) is 6.04 Å². The van der Waals surface area contributed by atoms with E-state index in [4.69, 9.17) is 1.37 Å². The van der Waals surface area contributed by atoms with Crippen molar-refractivity contribution in [1.29, 1.82) is 0 Å². The van der Waals surface area contributed by atoms with Crippen molar-refractivity contribution in [3.8, 4) is 0 Å². The van der Waals surface area contributed by atoms with Gasteiger partial charge in [-0.3, -0.25) is 9.80 Å². The molecule has 1 aliphatic rings. The molecule has 0 amide bonds. The lowest BCUT2D eigenvalue weighted by Crippen LogP contribution is -2.54. The Morgan fingerprint density at radius 2 is 1.77 bits per heavy atom. The van der Waals surface area contributed by atoms with Gasteiger partial charge in [-0.25, -0.2) is 0 Å². The first kappa shape index (κ1) is 9.47. The lowest BCUT2D eigenvalue weighted by atomic mass is 10.0. The zero-order valence-electron chi connectivity index (χ0n) is 10.7. The van der Waals surface area contributed by atoms with Crippen LogP contribution in [0.1, 0.15) is 36.0 Å². The predicted molar refractivity (Wildman–Crippen MR) is 58.0 cm³/mol. The van der Waals surface area contributed by atoms with E-state index in [-0.39, 0.29) is 12.1 Å². The lowest BCUT2D eigenvalue weighted by molar-refractivity contribution is 0.0491. The molecule has 78 valence electrons. The molecule has 2 heteroatoms. The van der Waals surface area contributed by atoms with Crippen LogP contribution in [0.2, 0.25) is 0 Å². The highest BCUT2D eigenvalue weighted by Crippen LogP contribution is 2.16. The summed E-state index contributed by atoms with van der Waals surface area (Å²) in [4.78, 5) is 4.67. The fourth-order valence-corrected chi connectivity index (χ4v) is 1.70. The van der Waals surface area contributed by atoms with Gasteiger partial charge in [0.25, 0.3) is 0 Å². The Hall–Kier alpha value is -0.0800. The first-order valence-corrected chi connectivity index (χ1v) is 5.25. The monoisotopic (exact) mass is 185 g/mol. The van der Waals surface area contributed by atoms with Crippen LogP contribution in [0.15, 0.2) is 0 Å². The first-order chi connectivity index (χ1) is 6.32. The average molecular weight is 185 g/mol. The molecule has 1 heterocycles. The maximum absolute atomic E-state index is 8.05. The fourth-order valence-electron chi connectivity index (χ4n) is 1.70. The molecule has 0 N–H and O–H groups in total. The van der Waals surface area contributed by atoms with Gasteiger partial charge in [-0.05, 0) is 34.6 Å². The molecule has 1 atom stereocenters. The maximum Gasteiger partial charge on any atom is 0.0444 e. The van der Waals surface area contributed by atoms with Crippen LogP contribution in [-0.2, 0) is 0 Å². The van der Waals surface area contributed by atoms with E-state index < -0.39 is 0 Å². The summed E-state index contributed by atoms with van der Waals surface area (Å²) in [5.41, 5.74) is 0.211. The van der Waals surface area contributed by atoms with Gasteiger partial charge in [0.15, 0.2) is 0 Å². The second-order valence-corrected chi connectivity index (χ2v) is 5.13. The molecular formula is C11H24N2. The van der Waals surface area contributed by atoms with Crippen LogP contribution in [0.5, 0.6) is 0 Å². The molecule has 0 aromatic rings. The minimum atomic E-state index is -0.0528. The highest BCUT2D eigenvalue weighted by Gasteiger charge is 2.26. The molecule has 0 aromatic carbocycles. The molecule has 13 heavy (non-hydrogen) atoms. The van der Waals surface area contributed by atoms with Crippen molar-refractivity contribution in [2.75, 3.05) is 26.2 Å². The van der Waals surface area contributed by atoms with Crippen LogP contribution in [0, 0.1) is 0 Å². The van der Waals surface area contributed by atoms with Crippen molar-refractivity contribution >= 4 is 0 Å². The summed E-state index contributed by atoms with van der Waals surface area (Å²) >= 11 is 0. The molecule has 1 saturated heterocycles. The summed E-state index contributed by atoms with van der Waals surface area (Å²) in [5, 5.41) is 0. The Kier molecular flexibility index (Phi) is 2.89. The van der Waals surface area contributed by atoms with Gasteiger partial charge in [-0.2, -0.15) is 0 Å². The Morgan fingerprint density at radius 1 is 1.15 bits per heavy atom. The van der Waals surface area contributed by atoms with Gasteiger partial charge >= 0.3 is 0 Å². The van der Waals surface area contributed by atoms with Gasteiger partial charge in [-0.15, -0.1) is 0 Å². The minimum Gasteiger partial charge on any atom is -0.298 e. The third kappa shape index (κ3) is 2.96. The summed E-state index contributed by atoms with van der Waals surface area (Å²) < 4.78 is 8.05. The molecule has 0 aromatic heterocycles. The third-order valence-corrected chi connectivity index (χ3v) is 2.78. The van der Waals surface area contributed by atoms with Crippen LogP contribution in [0.25, 0.3) is 0 Å². The van der Waals surface area contributed by atoms with Crippen LogP contribution < -0.4 is 0 Å². The average Bonchev–Trinajstić information content (AvgIpc) is 2.01. The van der Waals surface area contributed by atoms with Crippen LogP contribution in [0.4, 0.5) is 0 Å². The quantitative estimate of drug-likeness (QED) is 0.615. The second kappa shape index (κ2) is 3.97. The first-order valence-electron chi connectivity index (χ1n) is 5.83. The Morgan fingerprint density at radius 3 is 2.15 bits per heavy atom. The van der Waals surface area contributed by atoms with E-state index in [1.165, 1.54) is 0 Å². The topological polar surface area (TPSA) is 6.48 Å². The Labute approximate surface area is 84.3 Å². The zero-order chi connectivity index (χ0) is 10.9. The van der Waals surface area contributed by atoms with E-state index in [0.717, 1.165) is 19.6 Å². The smallest absolute Gasteiger partial charge is 0.0444 e. The van der Waals surface area contributed by atoms with E-state index in [9.17, 15) is 0 Å². The van der Waals surface area contributed by atoms with Crippen molar-refractivity contribution in [2.45, 2.75) is 46.2 Å². The summed E-state index contributed by atoms with van der Waals surface area (Å²) in [5.74, 6) is 0. The van der Waals surface area contributed by atoms with Crippen molar-refractivity contribution < 1.29 is 1.37 Å². The largest absolute Gasteiger partial charge is 0.298 e. The van der Waals surface area contributed by atoms with E-state index >= 15 is 0 Å². The minimum absolute atomic E-state index is 0.0528. The van der Waals surface area contributed by atoms with Crippen LogP contribution >= 0.6 is 0 Å². The highest BCUT2D eigenvalue weighted by molar-refractivity contribution is 4.82. The van der Waals surface area contributed by atoms with Crippen molar-refractivity contribution in [1.82, 2.24) is 9.80 Å². The molecule has 1 rings (SSSR count). The summed E-state index contributed by atoms with van der Waals surface area (Å²) in [6.45, 7) is 14.0. The number of hydrogen-bond donors (Lipinski definition) is 0. The third-order valence-electron chi connectivity index (χ3n) is 2.78. The molecule has 1 aliphatic heterocycles. The zero-order valence-corrected chi connectivity index (χ0v) is 9.67. The standard InChI is InChI=1S/C11H24N2/c1-10(2)12-6-8-13(9-7-12)11(3,4)5/h10H,6-9H2,1-5H3/i6D. The van der Waals surface area contributed by atoms with Crippen molar-refractivity contribution in [2.24, 2.45) is 0 Å². The van der Waals surface area contributed by atoms with E-state index in [1.54, 1.807) is 0 Å². The molecule has 1 unspecified atom stereocenters. The van der Waals surface area contributed by atoms with E-state index in [1.807, 2.05) is 0 Å². The summed E-state index contributed by atoms with van der Waals surface area (Å²) in [6.07, 6.45) is 0. The number of hydrogen-bond acceptors (Lipinski definition) is 2. The molecule has 0 spiro atoms. The van der Waals surface area contributed by atoms with Gasteiger partial charge in [0, 0.05) is 39.1 Å². The van der Waals surface area contributed by atoms with E-state index in [2.05, 4.69) is 44.4 Å². The summed E-state index contributed by atoms with van der Waals surface area (Å²) in [6, 6.07) is 0.500. The molecule has 0 radical (unpaired) electrons. The van der Waals surface area contributed by atoms with Gasteiger partial charge in [0.2, 0.25) is 0 Å². The predicted octanol–water partition coefficient (Wildman–Crippen LogP) is 1.81. The fraction of sp³-hybridized carbons (Fsp3) is 1.00. The van der Waals surface area contributed by atoms with Gasteiger partial charge in [-0.1, -0.05) is 0 Å². The number of piperazine rings is 1. The Bertz CT molecular complexity index is 186. The van der Waals surface area contributed by atoms with Crippen molar-refractivity contribution in [3.63, 3.8) is 0 Å². The van der Waals surface area contributed by atoms with Crippen LogP contribution in [-0.4, -0.2) is 47.5 Å².